The van der Waals surface area contributed by atoms with E-state index in [2.05, 4.69) is 0 Å². The molecule has 132 valence electrons. The van der Waals surface area contributed by atoms with Crippen LogP contribution in [0.2, 0.25) is 0 Å². The Kier molecular flexibility index (Phi) is 4.51. The molecular formula is C14H11F6NO3. The summed E-state index contributed by atoms with van der Waals surface area (Å²) >= 11 is 0. The topological polar surface area (TPSA) is 57.6 Å². The van der Waals surface area contributed by atoms with Crippen LogP contribution in [-0.4, -0.2) is 35.0 Å². The first-order chi connectivity index (χ1) is 10.9. The molecule has 1 N–H and O–H groups in total. The van der Waals surface area contributed by atoms with Crippen molar-refractivity contribution in [3.05, 3.63) is 34.9 Å². The molecule has 0 aromatic heterocycles. The van der Waals surface area contributed by atoms with Crippen molar-refractivity contribution in [1.29, 1.82) is 0 Å². The summed E-state index contributed by atoms with van der Waals surface area (Å²) in [5, 5.41) is 8.66. The average Bonchev–Trinajstić information content (AvgIpc) is 2.77. The van der Waals surface area contributed by atoms with Crippen LogP contribution in [0.3, 0.4) is 0 Å². The molecule has 10 heteroatoms. The Hall–Kier alpha value is -2.26. The second-order valence-corrected chi connectivity index (χ2v) is 5.41. The number of amides is 1. The van der Waals surface area contributed by atoms with Crippen LogP contribution in [0.15, 0.2) is 18.2 Å². The largest absolute Gasteiger partial charge is 0.480 e. The Morgan fingerprint density at radius 2 is 1.58 bits per heavy atom. The van der Waals surface area contributed by atoms with Crippen molar-refractivity contribution in [2.24, 2.45) is 0 Å². The highest BCUT2D eigenvalue weighted by molar-refractivity contribution is 5.84. The number of halogens is 6. The second kappa shape index (κ2) is 5.99. The Labute approximate surface area is 131 Å². The van der Waals surface area contributed by atoms with E-state index in [0.717, 1.165) is 4.90 Å². The van der Waals surface area contributed by atoms with Gasteiger partial charge in [-0.3, -0.25) is 9.59 Å². The number of nitrogens with zero attached hydrogens (tertiary/aromatic N) is 1. The molecule has 0 saturated carbocycles. The molecule has 1 aliphatic rings. The van der Waals surface area contributed by atoms with Gasteiger partial charge in [-0.25, -0.2) is 0 Å². The zero-order valence-corrected chi connectivity index (χ0v) is 11.9. The van der Waals surface area contributed by atoms with Crippen molar-refractivity contribution in [3.63, 3.8) is 0 Å². The molecule has 1 unspecified atom stereocenters. The van der Waals surface area contributed by atoms with E-state index in [9.17, 15) is 35.9 Å². The molecule has 0 aliphatic carbocycles. The molecule has 0 spiro atoms. The lowest BCUT2D eigenvalue weighted by molar-refractivity contribution is -0.143. The second-order valence-electron chi connectivity index (χ2n) is 5.41. The molecule has 4 nitrogen and oxygen atoms in total. The van der Waals surface area contributed by atoms with Gasteiger partial charge in [0.2, 0.25) is 5.91 Å². The Morgan fingerprint density at radius 3 is 2.00 bits per heavy atom. The molecule has 1 saturated heterocycles. The minimum atomic E-state index is -4.97. The van der Waals surface area contributed by atoms with E-state index < -0.39 is 47.8 Å². The number of carboxylic acids is 1. The van der Waals surface area contributed by atoms with Gasteiger partial charge in [0.15, 0.2) is 0 Å². The zero-order chi connectivity index (χ0) is 18.3. The SMILES string of the molecule is O=C(O)CN1CC(c2cc(C(F)(F)F)cc(C(F)(F)F)c2)CC1=O. The number of aliphatic carboxylic acids is 1. The Bertz CT molecular complexity index is 635. The molecule has 1 aromatic rings. The van der Waals surface area contributed by atoms with Crippen LogP contribution in [0.25, 0.3) is 0 Å². The molecule has 1 aliphatic heterocycles. The number of carboxylic acid groups (broad SMARTS) is 1. The lowest BCUT2D eigenvalue weighted by Crippen LogP contribution is -2.30. The Balaban J connectivity index is 2.40. The molecule has 0 bridgehead atoms. The lowest BCUT2D eigenvalue weighted by atomic mass is 9.94. The van der Waals surface area contributed by atoms with Crippen molar-refractivity contribution in [2.75, 3.05) is 13.1 Å². The standard InChI is InChI=1S/C14H11F6NO3/c15-13(16,17)9-1-7(2-10(4-9)14(18,19)20)8-3-11(22)21(5-8)6-12(23)24/h1-2,4,8H,3,5-6H2,(H,23,24). The summed E-state index contributed by atoms with van der Waals surface area (Å²) in [4.78, 5) is 23.2. The third-order valence-electron chi connectivity index (χ3n) is 3.62. The third-order valence-corrected chi connectivity index (χ3v) is 3.62. The van der Waals surface area contributed by atoms with Crippen LogP contribution < -0.4 is 0 Å². The van der Waals surface area contributed by atoms with Crippen LogP contribution in [-0.2, 0) is 21.9 Å². The first-order valence-electron chi connectivity index (χ1n) is 6.67. The Morgan fingerprint density at radius 1 is 1.08 bits per heavy atom. The summed E-state index contributed by atoms with van der Waals surface area (Å²) < 4.78 is 77.0. The van der Waals surface area contributed by atoms with Gasteiger partial charge in [0.25, 0.3) is 0 Å². The van der Waals surface area contributed by atoms with Crippen molar-refractivity contribution >= 4 is 11.9 Å². The van der Waals surface area contributed by atoms with Crippen LogP contribution >= 0.6 is 0 Å². The molecule has 1 aromatic carbocycles. The highest BCUT2D eigenvalue weighted by Crippen LogP contribution is 2.39. The summed E-state index contributed by atoms with van der Waals surface area (Å²) in [7, 11) is 0. The molecule has 1 fully saturated rings. The summed E-state index contributed by atoms with van der Waals surface area (Å²) in [6.45, 7) is -0.899. The maximum Gasteiger partial charge on any atom is 0.416 e. The maximum atomic E-state index is 12.8. The van der Waals surface area contributed by atoms with Gasteiger partial charge >= 0.3 is 18.3 Å². The van der Waals surface area contributed by atoms with Crippen molar-refractivity contribution in [3.8, 4) is 0 Å². The average molecular weight is 355 g/mol. The summed E-state index contributed by atoms with van der Waals surface area (Å²) in [5.41, 5.74) is -3.22. The van der Waals surface area contributed by atoms with Gasteiger partial charge in [-0.1, -0.05) is 0 Å². The van der Waals surface area contributed by atoms with E-state index in [1.165, 1.54) is 0 Å². The van der Waals surface area contributed by atoms with E-state index in [1.54, 1.807) is 0 Å². The summed E-state index contributed by atoms with van der Waals surface area (Å²) in [6.07, 6.45) is -10.3. The minimum absolute atomic E-state index is 0.00922. The fraction of sp³-hybridized carbons (Fsp3) is 0.429. The number of rotatable bonds is 3. The van der Waals surface area contributed by atoms with E-state index in [1.807, 2.05) is 0 Å². The van der Waals surface area contributed by atoms with E-state index >= 15 is 0 Å². The van der Waals surface area contributed by atoms with Crippen LogP contribution in [0.5, 0.6) is 0 Å². The molecule has 0 radical (unpaired) electrons. The first kappa shape index (κ1) is 18.1. The zero-order valence-electron chi connectivity index (χ0n) is 11.9. The van der Waals surface area contributed by atoms with Gasteiger partial charge in [-0.05, 0) is 23.8 Å². The fourth-order valence-electron chi connectivity index (χ4n) is 2.53. The predicted molar refractivity (Wildman–Crippen MR) is 68.0 cm³/mol. The monoisotopic (exact) mass is 355 g/mol. The van der Waals surface area contributed by atoms with E-state index in [-0.39, 0.29) is 24.6 Å². The smallest absolute Gasteiger partial charge is 0.416 e. The van der Waals surface area contributed by atoms with Gasteiger partial charge in [0.1, 0.15) is 6.54 Å². The van der Waals surface area contributed by atoms with Gasteiger partial charge < -0.3 is 10.0 Å². The third kappa shape index (κ3) is 3.98. The lowest BCUT2D eigenvalue weighted by Gasteiger charge is -2.18. The van der Waals surface area contributed by atoms with Gasteiger partial charge in [0, 0.05) is 18.9 Å². The van der Waals surface area contributed by atoms with E-state index in [4.69, 9.17) is 5.11 Å². The number of hydrogen-bond donors (Lipinski definition) is 1. The normalized spacial score (nSPS) is 19.0. The van der Waals surface area contributed by atoms with Crippen LogP contribution in [0, 0.1) is 0 Å². The number of carbonyl (C=O) groups excluding carboxylic acids is 1. The van der Waals surface area contributed by atoms with Crippen LogP contribution in [0.4, 0.5) is 26.3 Å². The van der Waals surface area contributed by atoms with Gasteiger partial charge in [0.05, 0.1) is 11.1 Å². The fourth-order valence-corrected chi connectivity index (χ4v) is 2.53. The summed E-state index contributed by atoms with van der Waals surface area (Å²) in [5.74, 6) is -2.88. The first-order valence-corrected chi connectivity index (χ1v) is 6.67. The number of alkyl halides is 6. The number of likely N-dealkylation sites (tertiary alicyclic amines) is 1. The van der Waals surface area contributed by atoms with Crippen molar-refractivity contribution in [1.82, 2.24) is 4.90 Å². The molecular weight excluding hydrogens is 344 g/mol. The summed E-state index contributed by atoms with van der Waals surface area (Å²) in [6, 6.07) is 1.14. The molecule has 1 atom stereocenters. The van der Waals surface area contributed by atoms with Gasteiger partial charge in [-0.15, -0.1) is 0 Å². The predicted octanol–water partition coefficient (Wildman–Crippen LogP) is 3.12. The number of hydrogen-bond acceptors (Lipinski definition) is 2. The number of benzene rings is 1. The quantitative estimate of drug-likeness (QED) is 0.848. The highest BCUT2D eigenvalue weighted by Gasteiger charge is 2.39. The number of carbonyl (C=O) groups is 2. The van der Waals surface area contributed by atoms with Crippen molar-refractivity contribution in [2.45, 2.75) is 24.7 Å². The molecule has 24 heavy (non-hydrogen) atoms. The maximum absolute atomic E-state index is 12.8. The van der Waals surface area contributed by atoms with Crippen molar-refractivity contribution < 1.29 is 41.0 Å². The van der Waals surface area contributed by atoms with Crippen LogP contribution in [0.1, 0.15) is 29.0 Å². The molecule has 1 amide bonds. The molecule has 1 heterocycles. The van der Waals surface area contributed by atoms with Gasteiger partial charge in [-0.2, -0.15) is 26.3 Å². The highest BCUT2D eigenvalue weighted by atomic mass is 19.4. The minimum Gasteiger partial charge on any atom is -0.480 e. The molecule has 2 rings (SSSR count). The van der Waals surface area contributed by atoms with E-state index in [0.29, 0.717) is 12.1 Å².